The summed E-state index contributed by atoms with van der Waals surface area (Å²) in [6.45, 7) is 1.57. The van der Waals surface area contributed by atoms with E-state index in [0.717, 1.165) is 11.1 Å². The van der Waals surface area contributed by atoms with Gasteiger partial charge in [0.25, 0.3) is 0 Å². The maximum atomic E-state index is 11.0. The van der Waals surface area contributed by atoms with Gasteiger partial charge in [0.1, 0.15) is 5.69 Å². The van der Waals surface area contributed by atoms with Crippen LogP contribution in [0.25, 0.3) is 10.8 Å². The predicted molar refractivity (Wildman–Crippen MR) is 56.2 cm³/mol. The van der Waals surface area contributed by atoms with Crippen molar-refractivity contribution in [3.63, 3.8) is 0 Å². The molecular weight excluding hydrogens is 174 g/mol. The number of hydrogen-bond acceptors (Lipinski definition) is 1. The van der Waals surface area contributed by atoms with E-state index in [1.165, 1.54) is 5.39 Å². The zero-order chi connectivity index (χ0) is 9.97. The highest BCUT2D eigenvalue weighted by molar-refractivity contribution is 5.91. The first-order chi connectivity index (χ1) is 6.77. The number of primary amides is 1. The third kappa shape index (κ3) is 1.65. The van der Waals surface area contributed by atoms with Gasteiger partial charge in [-0.05, 0) is 11.5 Å². The Kier molecular flexibility index (Phi) is 2.29. The zero-order valence-electron chi connectivity index (χ0n) is 8.03. The molecular formula is C12H12NO+. The molecule has 0 saturated carbocycles. The molecule has 0 atom stereocenters. The Morgan fingerprint density at radius 3 is 2.57 bits per heavy atom. The van der Waals surface area contributed by atoms with Crippen molar-refractivity contribution >= 4 is 22.4 Å². The number of benzene rings is 2. The molecule has 14 heavy (non-hydrogen) atoms. The van der Waals surface area contributed by atoms with Crippen molar-refractivity contribution in [3.8, 4) is 0 Å². The van der Waals surface area contributed by atoms with Gasteiger partial charge in [-0.15, -0.1) is 0 Å². The van der Waals surface area contributed by atoms with Crippen LogP contribution in [0.5, 0.6) is 0 Å². The van der Waals surface area contributed by atoms with Crippen LogP contribution in [-0.2, 0) is 4.79 Å². The van der Waals surface area contributed by atoms with Crippen LogP contribution in [0.2, 0.25) is 0 Å². The molecule has 0 heterocycles. The van der Waals surface area contributed by atoms with Crippen molar-refractivity contribution in [2.45, 2.75) is 6.92 Å². The first-order valence-electron chi connectivity index (χ1n) is 4.60. The Labute approximate surface area is 82.6 Å². The van der Waals surface area contributed by atoms with Gasteiger partial charge in [0, 0.05) is 11.5 Å². The lowest BCUT2D eigenvalue weighted by atomic mass is 10.1. The SMILES string of the molecule is CC(=O)[NH2+]c1cccc2ccccc12. The number of quaternary nitrogens is 1. The Morgan fingerprint density at radius 2 is 1.79 bits per heavy atom. The minimum atomic E-state index is 0.0846. The second-order valence-corrected chi connectivity index (χ2v) is 3.32. The number of carbonyl (C=O) groups is 1. The number of nitrogens with two attached hydrogens (primary N) is 1. The van der Waals surface area contributed by atoms with Gasteiger partial charge in [-0.2, -0.15) is 0 Å². The van der Waals surface area contributed by atoms with Crippen LogP contribution in [0.4, 0.5) is 5.69 Å². The van der Waals surface area contributed by atoms with E-state index < -0.39 is 0 Å². The number of rotatable bonds is 1. The largest absolute Gasteiger partial charge is 0.312 e. The summed E-state index contributed by atoms with van der Waals surface area (Å²) in [5, 5.41) is 3.97. The van der Waals surface area contributed by atoms with Gasteiger partial charge < -0.3 is 0 Å². The first-order valence-corrected chi connectivity index (χ1v) is 4.60. The molecule has 70 valence electrons. The zero-order valence-corrected chi connectivity index (χ0v) is 8.03. The molecule has 2 heteroatoms. The minimum absolute atomic E-state index is 0.0846. The number of hydrogen-bond donors (Lipinski definition) is 1. The van der Waals surface area contributed by atoms with E-state index in [1.807, 2.05) is 42.5 Å². The molecule has 0 saturated heterocycles. The van der Waals surface area contributed by atoms with E-state index in [4.69, 9.17) is 0 Å². The molecule has 2 nitrogen and oxygen atoms in total. The average molecular weight is 186 g/mol. The molecule has 2 aromatic rings. The molecule has 0 aliphatic heterocycles. The van der Waals surface area contributed by atoms with Gasteiger partial charge in [0.05, 0.1) is 6.92 Å². The van der Waals surface area contributed by atoms with E-state index in [9.17, 15) is 4.79 Å². The van der Waals surface area contributed by atoms with Gasteiger partial charge in [-0.1, -0.05) is 30.3 Å². The molecule has 0 radical (unpaired) electrons. The smallest absolute Gasteiger partial charge is 0.251 e. The van der Waals surface area contributed by atoms with Crippen LogP contribution in [-0.4, -0.2) is 5.91 Å². The normalized spacial score (nSPS) is 10.4. The summed E-state index contributed by atoms with van der Waals surface area (Å²) in [5.74, 6) is 0.0846. The van der Waals surface area contributed by atoms with Crippen LogP contribution in [0.15, 0.2) is 42.5 Å². The summed E-state index contributed by atoms with van der Waals surface area (Å²) in [6, 6.07) is 14.0. The van der Waals surface area contributed by atoms with Crippen molar-refractivity contribution in [3.05, 3.63) is 42.5 Å². The Morgan fingerprint density at radius 1 is 1.07 bits per heavy atom. The molecule has 1 amide bonds. The fraction of sp³-hybridized carbons (Fsp3) is 0.0833. The number of carbonyl (C=O) groups excluding carboxylic acids is 1. The van der Waals surface area contributed by atoms with Gasteiger partial charge in [0.2, 0.25) is 0 Å². The lowest BCUT2D eigenvalue weighted by Crippen LogP contribution is -2.81. The molecule has 2 rings (SSSR count). The topological polar surface area (TPSA) is 33.7 Å². The minimum Gasteiger partial charge on any atom is -0.251 e. The van der Waals surface area contributed by atoms with Crippen molar-refractivity contribution in [2.24, 2.45) is 0 Å². The fourth-order valence-electron chi connectivity index (χ4n) is 1.60. The summed E-state index contributed by atoms with van der Waals surface area (Å²) < 4.78 is 0. The molecule has 0 aliphatic rings. The lowest BCUT2D eigenvalue weighted by molar-refractivity contribution is -0.480. The number of amides is 1. The summed E-state index contributed by atoms with van der Waals surface area (Å²) in [7, 11) is 0. The molecule has 2 N–H and O–H groups in total. The standard InChI is InChI=1S/C12H11NO/c1-9(14)13-12-8-4-6-10-5-2-3-7-11(10)12/h2-8H,1H3,(H,13,14)/p+1. The molecule has 0 aromatic heterocycles. The molecule has 2 aromatic carbocycles. The van der Waals surface area contributed by atoms with Gasteiger partial charge in [0.15, 0.2) is 0 Å². The summed E-state index contributed by atoms with van der Waals surface area (Å²) in [5.41, 5.74) is 0.996. The van der Waals surface area contributed by atoms with E-state index >= 15 is 0 Å². The molecule has 0 aliphatic carbocycles. The quantitative estimate of drug-likeness (QED) is 0.674. The molecule has 0 bridgehead atoms. The van der Waals surface area contributed by atoms with Crippen LogP contribution < -0.4 is 5.32 Å². The van der Waals surface area contributed by atoms with E-state index in [2.05, 4.69) is 0 Å². The third-order valence-electron chi connectivity index (χ3n) is 2.18. The van der Waals surface area contributed by atoms with Crippen molar-refractivity contribution < 1.29 is 10.1 Å². The first kappa shape index (κ1) is 8.91. The molecule has 0 fully saturated rings. The highest BCUT2D eigenvalue weighted by Crippen LogP contribution is 2.18. The van der Waals surface area contributed by atoms with Gasteiger partial charge in [-0.3, -0.25) is 5.32 Å². The van der Waals surface area contributed by atoms with Crippen molar-refractivity contribution in [1.29, 1.82) is 0 Å². The van der Waals surface area contributed by atoms with E-state index in [1.54, 1.807) is 12.2 Å². The van der Waals surface area contributed by atoms with Gasteiger partial charge in [-0.25, -0.2) is 4.79 Å². The van der Waals surface area contributed by atoms with Crippen LogP contribution in [0, 0.1) is 0 Å². The van der Waals surface area contributed by atoms with Crippen LogP contribution in [0.3, 0.4) is 0 Å². The maximum absolute atomic E-state index is 11.0. The Hall–Kier alpha value is -1.67. The highest BCUT2D eigenvalue weighted by atomic mass is 16.1. The van der Waals surface area contributed by atoms with E-state index in [-0.39, 0.29) is 5.91 Å². The summed E-state index contributed by atoms with van der Waals surface area (Å²) >= 11 is 0. The van der Waals surface area contributed by atoms with Crippen LogP contribution in [0.1, 0.15) is 6.92 Å². The summed E-state index contributed by atoms with van der Waals surface area (Å²) in [6.07, 6.45) is 0. The maximum Gasteiger partial charge on any atom is 0.312 e. The van der Waals surface area contributed by atoms with Crippen molar-refractivity contribution in [2.75, 3.05) is 0 Å². The molecule has 0 spiro atoms. The number of fused-ring (bicyclic) bond motifs is 1. The van der Waals surface area contributed by atoms with Gasteiger partial charge >= 0.3 is 5.91 Å². The Balaban J connectivity index is 2.59. The van der Waals surface area contributed by atoms with E-state index in [0.29, 0.717) is 0 Å². The fourth-order valence-corrected chi connectivity index (χ4v) is 1.60. The predicted octanol–water partition coefficient (Wildman–Crippen LogP) is 1.58. The van der Waals surface area contributed by atoms with Crippen LogP contribution >= 0.6 is 0 Å². The average Bonchev–Trinajstić information content (AvgIpc) is 2.18. The monoisotopic (exact) mass is 186 g/mol. The highest BCUT2D eigenvalue weighted by Gasteiger charge is 2.05. The second-order valence-electron chi connectivity index (χ2n) is 3.32. The molecule has 0 unspecified atom stereocenters. The van der Waals surface area contributed by atoms with Crippen molar-refractivity contribution in [1.82, 2.24) is 0 Å². The third-order valence-corrected chi connectivity index (χ3v) is 2.18. The summed E-state index contributed by atoms with van der Waals surface area (Å²) in [4.78, 5) is 11.0. The second kappa shape index (κ2) is 3.60. The lowest BCUT2D eigenvalue weighted by Gasteiger charge is -2.01. The Bertz CT molecular complexity index is 471.